The fourth-order valence-corrected chi connectivity index (χ4v) is 3.04. The lowest BCUT2D eigenvalue weighted by molar-refractivity contribution is 0.0651. The highest BCUT2D eigenvalue weighted by atomic mass is 16.5. The summed E-state index contributed by atoms with van der Waals surface area (Å²) in [6.45, 7) is 8.09. The Balaban J connectivity index is 1.86. The molecular formula is C15H23N3O. The number of aromatic nitrogens is 1. The second-order valence-electron chi connectivity index (χ2n) is 5.72. The molecule has 0 aromatic carbocycles. The zero-order valence-corrected chi connectivity index (χ0v) is 11.9. The Labute approximate surface area is 115 Å². The number of rotatable bonds is 3. The Morgan fingerprint density at radius 3 is 3.26 bits per heavy atom. The van der Waals surface area contributed by atoms with Crippen LogP contribution < -0.4 is 10.2 Å². The average Bonchev–Trinajstić information content (AvgIpc) is 2.44. The molecule has 1 N–H and O–H groups in total. The van der Waals surface area contributed by atoms with Gasteiger partial charge in [-0.15, -0.1) is 0 Å². The summed E-state index contributed by atoms with van der Waals surface area (Å²) in [5.41, 5.74) is 2.72. The van der Waals surface area contributed by atoms with Gasteiger partial charge in [0.15, 0.2) is 0 Å². The predicted octanol–water partition coefficient (Wildman–Crippen LogP) is 1.73. The van der Waals surface area contributed by atoms with E-state index in [0.29, 0.717) is 12.6 Å². The van der Waals surface area contributed by atoms with Crippen molar-refractivity contribution >= 4 is 5.82 Å². The molecule has 0 amide bonds. The van der Waals surface area contributed by atoms with Gasteiger partial charge >= 0.3 is 0 Å². The highest BCUT2D eigenvalue weighted by molar-refractivity contribution is 5.54. The van der Waals surface area contributed by atoms with Crippen molar-refractivity contribution in [2.24, 2.45) is 0 Å². The van der Waals surface area contributed by atoms with E-state index in [2.05, 4.69) is 35.1 Å². The largest absolute Gasteiger partial charge is 0.374 e. The molecule has 4 heteroatoms. The van der Waals surface area contributed by atoms with Gasteiger partial charge in [-0.2, -0.15) is 0 Å². The standard InChI is InChI=1S/C15H23N3O/c1-11(2)19-10-12-5-6-17-15-14(12)4-3-13-9-16-7-8-18(13)15/h5-6,11,13,16H,3-4,7-10H2,1-2H3/t13-/m1/s1. The van der Waals surface area contributed by atoms with Crippen LogP contribution in [0.1, 0.15) is 31.4 Å². The number of fused-ring (bicyclic) bond motifs is 3. The zero-order chi connectivity index (χ0) is 13.2. The molecule has 3 heterocycles. The van der Waals surface area contributed by atoms with E-state index in [0.717, 1.165) is 26.1 Å². The van der Waals surface area contributed by atoms with Gasteiger partial charge in [0.25, 0.3) is 0 Å². The van der Waals surface area contributed by atoms with E-state index in [1.165, 1.54) is 23.4 Å². The van der Waals surface area contributed by atoms with E-state index in [-0.39, 0.29) is 6.10 Å². The van der Waals surface area contributed by atoms with Crippen LogP contribution in [0.4, 0.5) is 5.82 Å². The Hall–Kier alpha value is -1.13. The smallest absolute Gasteiger partial charge is 0.132 e. The van der Waals surface area contributed by atoms with Crippen LogP contribution >= 0.6 is 0 Å². The lowest BCUT2D eigenvalue weighted by Gasteiger charge is -2.41. The van der Waals surface area contributed by atoms with Crippen molar-refractivity contribution in [2.45, 2.75) is 45.4 Å². The van der Waals surface area contributed by atoms with Crippen LogP contribution in [0.15, 0.2) is 12.3 Å². The molecule has 1 saturated heterocycles. The molecule has 3 rings (SSSR count). The van der Waals surface area contributed by atoms with Crippen LogP contribution in [-0.2, 0) is 17.8 Å². The lowest BCUT2D eigenvalue weighted by atomic mass is 9.94. The number of hydrogen-bond donors (Lipinski definition) is 1. The molecular weight excluding hydrogens is 238 g/mol. The summed E-state index contributed by atoms with van der Waals surface area (Å²) in [6.07, 6.45) is 4.56. The SMILES string of the molecule is CC(C)OCc1ccnc2c1CC[C@@H]1CNCCN21. The van der Waals surface area contributed by atoms with Crippen molar-refractivity contribution in [3.63, 3.8) is 0 Å². The summed E-state index contributed by atoms with van der Waals surface area (Å²) in [4.78, 5) is 7.11. The van der Waals surface area contributed by atoms with Crippen LogP contribution in [0.2, 0.25) is 0 Å². The van der Waals surface area contributed by atoms with Gasteiger partial charge in [-0.25, -0.2) is 4.98 Å². The van der Waals surface area contributed by atoms with Gasteiger partial charge in [0, 0.05) is 37.4 Å². The Morgan fingerprint density at radius 1 is 1.53 bits per heavy atom. The molecule has 4 nitrogen and oxygen atoms in total. The zero-order valence-electron chi connectivity index (χ0n) is 11.9. The van der Waals surface area contributed by atoms with Gasteiger partial charge in [-0.1, -0.05) is 0 Å². The third-order valence-corrected chi connectivity index (χ3v) is 4.05. The van der Waals surface area contributed by atoms with Crippen LogP contribution in [0.3, 0.4) is 0 Å². The third-order valence-electron chi connectivity index (χ3n) is 4.05. The minimum atomic E-state index is 0.277. The molecule has 0 spiro atoms. The fraction of sp³-hybridized carbons (Fsp3) is 0.667. The molecule has 1 aromatic heterocycles. The Morgan fingerprint density at radius 2 is 2.42 bits per heavy atom. The minimum Gasteiger partial charge on any atom is -0.374 e. The van der Waals surface area contributed by atoms with E-state index < -0.39 is 0 Å². The first-order valence-corrected chi connectivity index (χ1v) is 7.31. The number of pyridine rings is 1. The fourth-order valence-electron chi connectivity index (χ4n) is 3.04. The molecule has 0 bridgehead atoms. The van der Waals surface area contributed by atoms with E-state index in [1.54, 1.807) is 0 Å². The molecule has 0 aliphatic carbocycles. The first-order valence-electron chi connectivity index (χ1n) is 7.31. The molecule has 1 atom stereocenters. The molecule has 0 radical (unpaired) electrons. The number of nitrogens with zero attached hydrogens (tertiary/aromatic N) is 2. The summed E-state index contributed by atoms with van der Waals surface area (Å²) in [5.74, 6) is 1.20. The quantitative estimate of drug-likeness (QED) is 0.899. The Kier molecular flexibility index (Phi) is 3.71. The minimum absolute atomic E-state index is 0.277. The van der Waals surface area contributed by atoms with Gasteiger partial charge in [0.2, 0.25) is 0 Å². The maximum absolute atomic E-state index is 5.77. The third kappa shape index (κ3) is 2.60. The van der Waals surface area contributed by atoms with Crippen molar-refractivity contribution in [3.05, 3.63) is 23.4 Å². The van der Waals surface area contributed by atoms with Crippen LogP contribution in [0.5, 0.6) is 0 Å². The van der Waals surface area contributed by atoms with Crippen molar-refractivity contribution in [3.8, 4) is 0 Å². The van der Waals surface area contributed by atoms with E-state index in [1.807, 2.05) is 6.20 Å². The van der Waals surface area contributed by atoms with Crippen molar-refractivity contribution in [1.82, 2.24) is 10.3 Å². The first kappa shape index (κ1) is 12.9. The summed E-state index contributed by atoms with van der Waals surface area (Å²) in [6, 6.07) is 2.74. The molecule has 1 fully saturated rings. The summed E-state index contributed by atoms with van der Waals surface area (Å²) in [5, 5.41) is 3.48. The molecule has 0 unspecified atom stereocenters. The maximum atomic E-state index is 5.77. The maximum Gasteiger partial charge on any atom is 0.132 e. The van der Waals surface area contributed by atoms with Gasteiger partial charge in [0.1, 0.15) is 5.82 Å². The van der Waals surface area contributed by atoms with E-state index >= 15 is 0 Å². The average molecular weight is 261 g/mol. The molecule has 1 aromatic rings. The molecule has 2 aliphatic rings. The predicted molar refractivity (Wildman–Crippen MR) is 76.5 cm³/mol. The molecule has 0 saturated carbocycles. The molecule has 2 aliphatic heterocycles. The van der Waals surface area contributed by atoms with Gasteiger partial charge in [-0.05, 0) is 38.3 Å². The van der Waals surface area contributed by atoms with Gasteiger partial charge < -0.3 is 15.0 Å². The highest BCUT2D eigenvalue weighted by Crippen LogP contribution is 2.31. The van der Waals surface area contributed by atoms with Gasteiger partial charge in [0.05, 0.1) is 12.7 Å². The van der Waals surface area contributed by atoms with Crippen molar-refractivity contribution in [2.75, 3.05) is 24.5 Å². The number of hydrogen-bond acceptors (Lipinski definition) is 4. The van der Waals surface area contributed by atoms with Crippen LogP contribution in [-0.4, -0.2) is 36.8 Å². The summed E-state index contributed by atoms with van der Waals surface area (Å²) >= 11 is 0. The van der Waals surface area contributed by atoms with Crippen LogP contribution in [0, 0.1) is 0 Å². The molecule has 104 valence electrons. The number of piperazine rings is 1. The van der Waals surface area contributed by atoms with Crippen molar-refractivity contribution < 1.29 is 4.74 Å². The highest BCUT2D eigenvalue weighted by Gasteiger charge is 2.30. The Bertz CT molecular complexity index is 447. The number of anilines is 1. The van der Waals surface area contributed by atoms with E-state index in [9.17, 15) is 0 Å². The van der Waals surface area contributed by atoms with Crippen LogP contribution in [0.25, 0.3) is 0 Å². The lowest BCUT2D eigenvalue weighted by Crippen LogP contribution is -2.53. The molecule has 19 heavy (non-hydrogen) atoms. The number of nitrogens with one attached hydrogen (secondary N) is 1. The second kappa shape index (κ2) is 5.47. The number of ether oxygens (including phenoxy) is 1. The van der Waals surface area contributed by atoms with Crippen molar-refractivity contribution in [1.29, 1.82) is 0 Å². The first-order chi connectivity index (χ1) is 9.25. The van der Waals surface area contributed by atoms with E-state index in [4.69, 9.17) is 4.74 Å². The topological polar surface area (TPSA) is 37.4 Å². The second-order valence-corrected chi connectivity index (χ2v) is 5.72. The monoisotopic (exact) mass is 261 g/mol. The normalized spacial score (nSPS) is 22.3. The summed E-state index contributed by atoms with van der Waals surface area (Å²) < 4.78 is 5.77. The summed E-state index contributed by atoms with van der Waals surface area (Å²) in [7, 11) is 0. The van der Waals surface area contributed by atoms with Gasteiger partial charge in [-0.3, -0.25) is 0 Å².